The molecular weight excluding hydrogens is 440 g/mol. The lowest BCUT2D eigenvalue weighted by molar-refractivity contribution is -0.142. The number of nitrogens with zero attached hydrogens (tertiary/aromatic N) is 1. The van der Waals surface area contributed by atoms with Gasteiger partial charge in [0.2, 0.25) is 5.91 Å². The van der Waals surface area contributed by atoms with Gasteiger partial charge in [-0.2, -0.15) is 0 Å². The van der Waals surface area contributed by atoms with Crippen molar-refractivity contribution in [1.82, 2.24) is 10.2 Å². The van der Waals surface area contributed by atoms with Crippen molar-refractivity contribution >= 4 is 11.8 Å². The zero-order valence-corrected chi connectivity index (χ0v) is 21.8. The Balaban J connectivity index is 1.75. The molecule has 0 radical (unpaired) electrons. The van der Waals surface area contributed by atoms with Crippen molar-refractivity contribution in [3.63, 3.8) is 0 Å². The van der Waals surface area contributed by atoms with Crippen LogP contribution < -0.4 is 14.8 Å². The van der Waals surface area contributed by atoms with Crippen LogP contribution in [0.5, 0.6) is 11.5 Å². The minimum atomic E-state index is -0.618. The van der Waals surface area contributed by atoms with Gasteiger partial charge in [-0.05, 0) is 54.5 Å². The smallest absolute Gasteiger partial charge is 0.261 e. The molecule has 0 saturated heterocycles. The van der Waals surface area contributed by atoms with E-state index in [2.05, 4.69) is 26.1 Å². The molecule has 1 N–H and O–H groups in total. The van der Waals surface area contributed by atoms with Gasteiger partial charge >= 0.3 is 0 Å². The molecule has 1 aliphatic rings. The lowest BCUT2D eigenvalue weighted by Crippen LogP contribution is -2.51. The highest BCUT2D eigenvalue weighted by molar-refractivity contribution is 5.88. The maximum Gasteiger partial charge on any atom is 0.261 e. The number of carbonyl (C=O) groups excluding carboxylic acids is 2. The van der Waals surface area contributed by atoms with Crippen LogP contribution in [0, 0.1) is 0 Å². The summed E-state index contributed by atoms with van der Waals surface area (Å²) in [5.41, 5.74) is 1.85. The fraction of sp³-hybridized carbons (Fsp3) is 0.517. The van der Waals surface area contributed by atoms with Crippen LogP contribution in [0.15, 0.2) is 48.5 Å². The highest BCUT2D eigenvalue weighted by atomic mass is 16.5. The quantitative estimate of drug-likeness (QED) is 0.533. The van der Waals surface area contributed by atoms with E-state index in [1.165, 1.54) is 6.42 Å². The second kappa shape index (κ2) is 12.1. The Morgan fingerprint density at radius 3 is 2.31 bits per heavy atom. The topological polar surface area (TPSA) is 67.9 Å². The fourth-order valence-electron chi connectivity index (χ4n) is 4.51. The molecule has 1 aliphatic carbocycles. The predicted molar refractivity (Wildman–Crippen MR) is 139 cm³/mol. The molecule has 0 unspecified atom stereocenters. The Kier molecular flexibility index (Phi) is 9.19. The maximum atomic E-state index is 13.4. The fourth-order valence-corrected chi connectivity index (χ4v) is 4.51. The zero-order chi connectivity index (χ0) is 25.4. The summed E-state index contributed by atoms with van der Waals surface area (Å²) < 4.78 is 11.3. The number of carbonyl (C=O) groups is 2. The summed E-state index contributed by atoms with van der Waals surface area (Å²) in [6.07, 6.45) is 5.48. The van der Waals surface area contributed by atoms with Gasteiger partial charge < -0.3 is 19.7 Å². The molecule has 2 amide bonds. The highest BCUT2D eigenvalue weighted by Crippen LogP contribution is 2.31. The first-order chi connectivity index (χ1) is 16.7. The molecule has 0 heterocycles. The van der Waals surface area contributed by atoms with Gasteiger partial charge in [-0.25, -0.2) is 0 Å². The van der Waals surface area contributed by atoms with Crippen LogP contribution in [-0.2, 0) is 21.5 Å². The van der Waals surface area contributed by atoms with Crippen molar-refractivity contribution in [2.24, 2.45) is 0 Å². The van der Waals surface area contributed by atoms with E-state index < -0.39 is 6.04 Å². The molecule has 0 aromatic heterocycles. The van der Waals surface area contributed by atoms with Crippen LogP contribution in [0.3, 0.4) is 0 Å². The van der Waals surface area contributed by atoms with Crippen LogP contribution in [0.25, 0.3) is 0 Å². The molecule has 0 aliphatic heterocycles. The molecule has 3 rings (SSSR count). The second-order valence-corrected chi connectivity index (χ2v) is 10.4. The van der Waals surface area contributed by atoms with Crippen molar-refractivity contribution in [3.05, 3.63) is 59.7 Å². The average molecular weight is 481 g/mol. The number of benzene rings is 2. The first kappa shape index (κ1) is 26.6. The summed E-state index contributed by atoms with van der Waals surface area (Å²) in [5, 5.41) is 3.17. The first-order valence-electron chi connectivity index (χ1n) is 12.6. The largest absolute Gasteiger partial charge is 0.497 e. The van der Waals surface area contributed by atoms with Crippen LogP contribution >= 0.6 is 0 Å². The third kappa shape index (κ3) is 7.48. The van der Waals surface area contributed by atoms with E-state index in [4.69, 9.17) is 9.47 Å². The molecule has 6 nitrogen and oxygen atoms in total. The Hall–Kier alpha value is -3.02. The number of hydrogen-bond donors (Lipinski definition) is 1. The first-order valence-corrected chi connectivity index (χ1v) is 12.6. The molecule has 190 valence electrons. The normalized spacial score (nSPS) is 15.2. The maximum absolute atomic E-state index is 13.4. The summed E-state index contributed by atoms with van der Waals surface area (Å²) in [4.78, 5) is 28.2. The molecule has 1 atom stereocenters. The Morgan fingerprint density at radius 2 is 1.69 bits per heavy atom. The Bertz CT molecular complexity index is 975. The number of ether oxygens (including phenoxy) is 2. The molecule has 6 heteroatoms. The summed E-state index contributed by atoms with van der Waals surface area (Å²) >= 11 is 0. The van der Waals surface area contributed by atoms with E-state index in [9.17, 15) is 9.59 Å². The minimum Gasteiger partial charge on any atom is -0.497 e. The van der Waals surface area contributed by atoms with E-state index in [0.29, 0.717) is 12.3 Å². The van der Waals surface area contributed by atoms with Gasteiger partial charge in [0.15, 0.2) is 6.61 Å². The number of hydrogen-bond acceptors (Lipinski definition) is 4. The third-order valence-electron chi connectivity index (χ3n) is 6.68. The van der Waals surface area contributed by atoms with Gasteiger partial charge in [-0.3, -0.25) is 9.59 Å². The molecule has 2 aromatic rings. The Morgan fingerprint density at radius 1 is 1.03 bits per heavy atom. The van der Waals surface area contributed by atoms with Crippen LogP contribution in [0.4, 0.5) is 0 Å². The number of nitrogens with one attached hydrogen (secondary N) is 1. The lowest BCUT2D eigenvalue weighted by Gasteiger charge is -2.31. The molecular formula is C29H40N2O4. The van der Waals surface area contributed by atoms with Crippen molar-refractivity contribution in [2.75, 3.05) is 13.7 Å². The van der Waals surface area contributed by atoms with Gasteiger partial charge in [0.25, 0.3) is 5.91 Å². The van der Waals surface area contributed by atoms with E-state index in [1.54, 1.807) is 18.9 Å². The van der Waals surface area contributed by atoms with E-state index in [1.807, 2.05) is 48.5 Å². The van der Waals surface area contributed by atoms with Crippen molar-refractivity contribution in [3.8, 4) is 11.5 Å². The number of para-hydroxylation sites is 1. The molecule has 35 heavy (non-hydrogen) atoms. The Labute approximate surface area is 210 Å². The number of rotatable bonds is 9. The lowest BCUT2D eigenvalue weighted by atomic mass is 9.86. The molecule has 2 aromatic carbocycles. The summed E-state index contributed by atoms with van der Waals surface area (Å²) in [6.45, 7) is 8.32. The SMILES string of the molecule is COc1ccc(CN(C(=O)COc2ccccc2C(C)(C)C)[C@@H](C)C(=O)NC2CCCCC2)cc1. The third-order valence-corrected chi connectivity index (χ3v) is 6.68. The molecule has 1 fully saturated rings. The van der Waals surface area contributed by atoms with Crippen molar-refractivity contribution in [2.45, 2.75) is 83.8 Å². The highest BCUT2D eigenvalue weighted by Gasteiger charge is 2.29. The van der Waals surface area contributed by atoms with Crippen LogP contribution in [-0.4, -0.2) is 42.5 Å². The number of methoxy groups -OCH3 is 1. The van der Waals surface area contributed by atoms with Gasteiger partial charge in [-0.1, -0.05) is 70.4 Å². The van der Waals surface area contributed by atoms with Gasteiger partial charge in [0, 0.05) is 12.6 Å². The van der Waals surface area contributed by atoms with E-state index in [0.717, 1.165) is 42.6 Å². The minimum absolute atomic E-state index is 0.115. The summed E-state index contributed by atoms with van der Waals surface area (Å²) in [6, 6.07) is 14.9. The predicted octanol–water partition coefficient (Wildman–Crippen LogP) is 5.24. The van der Waals surface area contributed by atoms with Crippen molar-refractivity contribution < 1.29 is 19.1 Å². The summed E-state index contributed by atoms with van der Waals surface area (Å²) in [5.74, 6) is 1.10. The van der Waals surface area contributed by atoms with Gasteiger partial charge in [0.05, 0.1) is 7.11 Å². The van der Waals surface area contributed by atoms with Crippen molar-refractivity contribution in [1.29, 1.82) is 0 Å². The standard InChI is InChI=1S/C29H40N2O4/c1-21(28(33)30-23-11-7-6-8-12-23)31(19-22-15-17-24(34-5)18-16-22)27(32)20-35-26-14-10-9-13-25(26)29(2,3)4/h9-10,13-18,21,23H,6-8,11-12,19-20H2,1-5H3,(H,30,33)/t21-/m0/s1. The molecule has 0 bridgehead atoms. The molecule has 0 spiro atoms. The monoisotopic (exact) mass is 480 g/mol. The van der Waals surface area contributed by atoms with Crippen LogP contribution in [0.1, 0.15) is 70.9 Å². The number of amides is 2. The average Bonchev–Trinajstić information content (AvgIpc) is 2.86. The van der Waals surface area contributed by atoms with Crippen LogP contribution in [0.2, 0.25) is 0 Å². The van der Waals surface area contributed by atoms with E-state index >= 15 is 0 Å². The zero-order valence-electron chi connectivity index (χ0n) is 21.8. The van der Waals surface area contributed by atoms with E-state index in [-0.39, 0.29) is 29.9 Å². The summed E-state index contributed by atoms with van der Waals surface area (Å²) in [7, 11) is 1.62. The second-order valence-electron chi connectivity index (χ2n) is 10.4. The molecule has 1 saturated carbocycles. The van der Waals surface area contributed by atoms with Gasteiger partial charge in [-0.15, -0.1) is 0 Å². The van der Waals surface area contributed by atoms with Gasteiger partial charge in [0.1, 0.15) is 17.5 Å².